The van der Waals surface area contributed by atoms with Crippen molar-refractivity contribution in [2.45, 2.75) is 13.0 Å². The predicted molar refractivity (Wildman–Crippen MR) is 93.9 cm³/mol. The Hall–Kier alpha value is -3.08. The van der Waals surface area contributed by atoms with E-state index in [0.717, 1.165) is 23.0 Å². The van der Waals surface area contributed by atoms with Gasteiger partial charge in [-0.25, -0.2) is 4.68 Å². The maximum atomic E-state index is 5.24. The zero-order valence-corrected chi connectivity index (χ0v) is 13.6. The average Bonchev–Trinajstić information content (AvgIpc) is 3.10. The van der Waals surface area contributed by atoms with Crippen LogP contribution in [0.3, 0.4) is 0 Å². The van der Waals surface area contributed by atoms with Crippen molar-refractivity contribution in [3.05, 3.63) is 77.6 Å². The zero-order valence-electron chi connectivity index (χ0n) is 13.6. The number of hydrogen-bond donors (Lipinski definition) is 1. The van der Waals surface area contributed by atoms with Gasteiger partial charge in [0.25, 0.3) is 0 Å². The molecule has 1 N–H and O–H groups in total. The second kappa shape index (κ2) is 5.85. The minimum absolute atomic E-state index is 0.0152. The number of nitrogens with one attached hydrogen (secondary N) is 1. The third kappa shape index (κ3) is 2.54. The fourth-order valence-corrected chi connectivity index (χ4v) is 2.87. The molecule has 1 aliphatic rings. The first-order valence-corrected chi connectivity index (χ1v) is 7.84. The smallest absolute Gasteiger partial charge is 0.226 e. The topological polar surface area (TPSA) is 52.0 Å². The average molecular weight is 318 g/mol. The first-order valence-electron chi connectivity index (χ1n) is 7.84. The summed E-state index contributed by atoms with van der Waals surface area (Å²) >= 11 is 0. The summed E-state index contributed by atoms with van der Waals surface area (Å²) in [7, 11) is 1.67. The molecule has 120 valence electrons. The summed E-state index contributed by atoms with van der Waals surface area (Å²) in [5.41, 5.74) is 4.52. The van der Waals surface area contributed by atoms with Gasteiger partial charge < -0.3 is 10.1 Å². The van der Waals surface area contributed by atoms with E-state index in [9.17, 15) is 0 Å². The number of rotatable bonds is 3. The predicted octanol–water partition coefficient (Wildman–Crippen LogP) is 3.65. The number of aryl methyl sites for hydroxylation is 1. The molecule has 0 fully saturated rings. The Labute approximate surface area is 140 Å². The monoisotopic (exact) mass is 318 g/mol. The number of methoxy groups -OCH3 is 1. The number of fused-ring (bicyclic) bond motifs is 1. The lowest BCUT2D eigenvalue weighted by atomic mass is 10.0. The molecule has 2 aromatic carbocycles. The van der Waals surface area contributed by atoms with Crippen molar-refractivity contribution in [3.63, 3.8) is 0 Å². The second-order valence-corrected chi connectivity index (χ2v) is 5.82. The van der Waals surface area contributed by atoms with Gasteiger partial charge in [-0.3, -0.25) is 0 Å². The minimum Gasteiger partial charge on any atom is -0.497 e. The third-order valence-electron chi connectivity index (χ3n) is 4.23. The Morgan fingerprint density at radius 1 is 1.04 bits per heavy atom. The maximum absolute atomic E-state index is 5.24. The largest absolute Gasteiger partial charge is 0.497 e. The highest BCUT2D eigenvalue weighted by Gasteiger charge is 2.23. The van der Waals surface area contributed by atoms with Crippen molar-refractivity contribution < 1.29 is 4.74 Å². The molecule has 24 heavy (non-hydrogen) atoms. The number of aromatic nitrogens is 3. The number of ether oxygens (including phenoxy) is 1. The molecule has 0 spiro atoms. The van der Waals surface area contributed by atoms with Gasteiger partial charge in [0.1, 0.15) is 18.1 Å². The van der Waals surface area contributed by atoms with Crippen molar-refractivity contribution in [1.82, 2.24) is 14.8 Å². The first kappa shape index (κ1) is 14.5. The second-order valence-electron chi connectivity index (χ2n) is 5.82. The summed E-state index contributed by atoms with van der Waals surface area (Å²) < 4.78 is 7.14. The van der Waals surface area contributed by atoms with E-state index in [0.29, 0.717) is 0 Å². The quantitative estimate of drug-likeness (QED) is 0.801. The van der Waals surface area contributed by atoms with Gasteiger partial charge in [0.15, 0.2) is 0 Å². The highest BCUT2D eigenvalue weighted by molar-refractivity contribution is 5.77. The van der Waals surface area contributed by atoms with E-state index in [1.807, 2.05) is 28.9 Å². The lowest BCUT2D eigenvalue weighted by Crippen LogP contribution is -2.20. The number of allylic oxidation sites excluding steroid dienone is 1. The van der Waals surface area contributed by atoms with Gasteiger partial charge in [0, 0.05) is 5.70 Å². The highest BCUT2D eigenvalue weighted by Crippen LogP contribution is 2.32. The summed E-state index contributed by atoms with van der Waals surface area (Å²) in [6, 6.07) is 16.5. The molecule has 0 radical (unpaired) electrons. The molecule has 1 aromatic heterocycles. The van der Waals surface area contributed by atoms with Gasteiger partial charge in [-0.2, -0.15) is 10.1 Å². The standard InChI is InChI=1S/C19H18N4O/c1-13-3-5-15(6-4-13)18-11-17(22-19-20-12-21-23(18)19)14-7-9-16(24-2)10-8-14/h3-12,18H,1-2H3,(H,20,21,22)/t18-/m1/s1. The van der Waals surface area contributed by atoms with Crippen LogP contribution in [0.15, 0.2) is 60.9 Å². The summed E-state index contributed by atoms with van der Waals surface area (Å²) in [4.78, 5) is 4.33. The van der Waals surface area contributed by atoms with E-state index in [1.165, 1.54) is 11.1 Å². The molecule has 0 amide bonds. The summed E-state index contributed by atoms with van der Waals surface area (Å²) in [5, 5.41) is 7.72. The molecule has 0 bridgehead atoms. The van der Waals surface area contributed by atoms with Gasteiger partial charge in [-0.05, 0) is 48.4 Å². The number of anilines is 1. The van der Waals surface area contributed by atoms with Crippen LogP contribution < -0.4 is 10.1 Å². The van der Waals surface area contributed by atoms with Crippen LogP contribution in [0, 0.1) is 6.92 Å². The molecule has 5 heteroatoms. The lowest BCUT2D eigenvalue weighted by Gasteiger charge is -2.24. The maximum Gasteiger partial charge on any atom is 0.226 e. The number of hydrogen-bond acceptors (Lipinski definition) is 4. The molecular weight excluding hydrogens is 300 g/mol. The van der Waals surface area contributed by atoms with Gasteiger partial charge in [0.05, 0.1) is 7.11 Å². The van der Waals surface area contributed by atoms with Crippen LogP contribution in [0.2, 0.25) is 0 Å². The van der Waals surface area contributed by atoms with E-state index in [4.69, 9.17) is 4.74 Å². The van der Waals surface area contributed by atoms with E-state index >= 15 is 0 Å². The van der Waals surface area contributed by atoms with Crippen molar-refractivity contribution in [3.8, 4) is 5.75 Å². The fourth-order valence-electron chi connectivity index (χ4n) is 2.87. The van der Waals surface area contributed by atoms with E-state index < -0.39 is 0 Å². The van der Waals surface area contributed by atoms with E-state index in [-0.39, 0.29) is 6.04 Å². The number of nitrogens with zero attached hydrogens (tertiary/aromatic N) is 3. The molecule has 0 aliphatic carbocycles. The van der Waals surface area contributed by atoms with Gasteiger partial charge in [-0.1, -0.05) is 29.8 Å². The van der Waals surface area contributed by atoms with Crippen LogP contribution in [-0.2, 0) is 0 Å². The molecule has 3 aromatic rings. The molecule has 5 nitrogen and oxygen atoms in total. The normalized spacial score (nSPS) is 16.1. The van der Waals surface area contributed by atoms with Crippen LogP contribution in [0.25, 0.3) is 5.70 Å². The number of benzene rings is 2. The molecule has 4 rings (SSSR count). The molecular formula is C19H18N4O. The molecule has 1 atom stereocenters. The minimum atomic E-state index is 0.0152. The van der Waals surface area contributed by atoms with Crippen LogP contribution in [0.1, 0.15) is 22.7 Å². The summed E-state index contributed by atoms with van der Waals surface area (Å²) in [6.07, 6.45) is 3.75. The van der Waals surface area contributed by atoms with Crippen LogP contribution in [0.5, 0.6) is 5.75 Å². The summed E-state index contributed by atoms with van der Waals surface area (Å²) in [6.45, 7) is 2.09. The lowest BCUT2D eigenvalue weighted by molar-refractivity contribution is 0.415. The van der Waals surface area contributed by atoms with Crippen molar-refractivity contribution >= 4 is 11.6 Å². The zero-order chi connectivity index (χ0) is 16.5. The SMILES string of the molecule is COc1ccc(C2=C[C@H](c3ccc(C)cc3)n3ncnc3N2)cc1. The molecule has 0 unspecified atom stereocenters. The first-order chi connectivity index (χ1) is 11.7. The Kier molecular flexibility index (Phi) is 3.54. The Bertz CT molecular complexity index is 878. The van der Waals surface area contributed by atoms with Crippen LogP contribution in [0.4, 0.5) is 5.95 Å². The molecule has 0 saturated heterocycles. The van der Waals surface area contributed by atoms with Crippen molar-refractivity contribution in [2.75, 3.05) is 12.4 Å². The third-order valence-corrected chi connectivity index (χ3v) is 4.23. The van der Waals surface area contributed by atoms with Gasteiger partial charge in [-0.15, -0.1) is 0 Å². The Morgan fingerprint density at radius 3 is 2.50 bits per heavy atom. The van der Waals surface area contributed by atoms with E-state index in [1.54, 1.807) is 13.4 Å². The van der Waals surface area contributed by atoms with Crippen molar-refractivity contribution in [2.24, 2.45) is 0 Å². The molecule has 2 heterocycles. The Balaban J connectivity index is 1.76. The van der Waals surface area contributed by atoms with E-state index in [2.05, 4.69) is 52.7 Å². The van der Waals surface area contributed by atoms with Crippen LogP contribution >= 0.6 is 0 Å². The molecule has 1 aliphatic heterocycles. The van der Waals surface area contributed by atoms with Crippen molar-refractivity contribution in [1.29, 1.82) is 0 Å². The van der Waals surface area contributed by atoms with Crippen LogP contribution in [-0.4, -0.2) is 21.9 Å². The van der Waals surface area contributed by atoms with Gasteiger partial charge >= 0.3 is 0 Å². The Morgan fingerprint density at radius 2 is 1.79 bits per heavy atom. The van der Waals surface area contributed by atoms with Gasteiger partial charge in [0.2, 0.25) is 5.95 Å². The fraction of sp³-hybridized carbons (Fsp3) is 0.158. The highest BCUT2D eigenvalue weighted by atomic mass is 16.5. The summed E-state index contributed by atoms with van der Waals surface area (Å²) in [5.74, 6) is 1.59. The molecule has 0 saturated carbocycles.